The number of hydrogen-bond donors (Lipinski definition) is 3. The molecule has 0 bridgehead atoms. The van der Waals surface area contributed by atoms with E-state index in [4.69, 9.17) is 9.90 Å². The average Bonchev–Trinajstić information content (AvgIpc) is 2.62. The van der Waals surface area contributed by atoms with E-state index in [9.17, 15) is 19.2 Å². The number of ether oxygens (including phenoxy) is 1. The fourth-order valence-electron chi connectivity index (χ4n) is 0. The van der Waals surface area contributed by atoms with Crippen molar-refractivity contribution in [3.63, 3.8) is 0 Å². The van der Waals surface area contributed by atoms with Crippen LogP contribution in [0.4, 0.5) is 0 Å². The summed E-state index contributed by atoms with van der Waals surface area (Å²) in [6.45, 7) is 15.2. The molecule has 11 heteroatoms. The molecule has 0 aromatic carbocycles. The zero-order valence-corrected chi connectivity index (χ0v) is 24.8. The van der Waals surface area contributed by atoms with Crippen molar-refractivity contribution in [2.24, 2.45) is 5.73 Å². The molecule has 0 aromatic rings. The van der Waals surface area contributed by atoms with Crippen LogP contribution in [0.25, 0.3) is 0 Å². The number of nitrogens with two attached hydrogens (primary N) is 1. The van der Waals surface area contributed by atoms with E-state index in [1.54, 1.807) is 21.1 Å². The lowest BCUT2D eigenvalue weighted by atomic mass is 10.6. The maximum absolute atomic E-state index is 10.1. The van der Waals surface area contributed by atoms with E-state index in [0.29, 0.717) is 0 Å². The summed E-state index contributed by atoms with van der Waals surface area (Å²) < 4.78 is 4.11. The van der Waals surface area contributed by atoms with Crippen LogP contribution < -0.4 is 11.1 Å². The molecule has 0 heterocycles. The van der Waals surface area contributed by atoms with Crippen LogP contribution in [0.2, 0.25) is 0 Å². The SMILES string of the molecule is C.C.C.CC(=O)N(C)C.CC(=O)O.CC(N)=O.CCC.CCC.CN(C)C.CNC(C)=O.COC(C)=O. The highest BCUT2D eigenvalue weighted by Crippen LogP contribution is 1.69. The van der Waals surface area contributed by atoms with Crippen molar-refractivity contribution in [1.29, 1.82) is 0 Å². The Morgan fingerprint density at radius 1 is 0.757 bits per heavy atom. The second-order valence-electron chi connectivity index (χ2n) is 6.80. The van der Waals surface area contributed by atoms with Gasteiger partial charge in [0.15, 0.2) is 0 Å². The molecule has 3 amide bonds. The van der Waals surface area contributed by atoms with E-state index in [0.717, 1.165) is 6.92 Å². The molecule has 0 aromatic heterocycles. The maximum Gasteiger partial charge on any atom is 0.302 e. The number of carbonyl (C=O) groups excluding carboxylic acids is 4. The molecule has 0 atom stereocenters. The fourth-order valence-corrected chi connectivity index (χ4v) is 0. The molecule has 11 nitrogen and oxygen atoms in total. The molecule has 0 rings (SSSR count). The number of nitrogens with zero attached hydrogens (tertiary/aromatic N) is 2. The third-order valence-electron chi connectivity index (χ3n) is 1.27. The van der Waals surface area contributed by atoms with Gasteiger partial charge in [0.2, 0.25) is 17.7 Å². The molecule has 37 heavy (non-hydrogen) atoms. The lowest BCUT2D eigenvalue weighted by molar-refractivity contribution is -0.138. The van der Waals surface area contributed by atoms with E-state index in [1.807, 2.05) is 26.0 Å². The minimum Gasteiger partial charge on any atom is -0.481 e. The van der Waals surface area contributed by atoms with Crippen LogP contribution in [-0.4, -0.2) is 94.0 Å². The summed E-state index contributed by atoms with van der Waals surface area (Å²) >= 11 is 0. The van der Waals surface area contributed by atoms with Crippen molar-refractivity contribution in [2.75, 3.05) is 49.4 Å². The summed E-state index contributed by atoms with van der Waals surface area (Å²) in [7, 11) is 12.4. The Labute approximate surface area is 231 Å². The first-order valence-corrected chi connectivity index (χ1v) is 10.7. The zero-order valence-electron chi connectivity index (χ0n) is 24.8. The van der Waals surface area contributed by atoms with Gasteiger partial charge >= 0.3 is 5.97 Å². The molecular formula is C26H68N4O7. The van der Waals surface area contributed by atoms with E-state index < -0.39 is 5.97 Å². The Morgan fingerprint density at radius 2 is 0.838 bits per heavy atom. The van der Waals surface area contributed by atoms with E-state index in [-0.39, 0.29) is 46.0 Å². The van der Waals surface area contributed by atoms with Gasteiger partial charge in [0.1, 0.15) is 0 Å². The Kier molecular flexibility index (Phi) is 132. The van der Waals surface area contributed by atoms with Crippen molar-refractivity contribution >= 4 is 29.7 Å². The number of amides is 3. The second-order valence-corrected chi connectivity index (χ2v) is 6.80. The minimum absolute atomic E-state index is 0. The lowest BCUT2D eigenvalue weighted by Crippen LogP contribution is -2.17. The highest BCUT2D eigenvalue weighted by molar-refractivity contribution is 5.72. The van der Waals surface area contributed by atoms with Crippen molar-refractivity contribution in [3.8, 4) is 0 Å². The van der Waals surface area contributed by atoms with Crippen LogP contribution in [0.15, 0.2) is 0 Å². The number of primary amides is 1. The van der Waals surface area contributed by atoms with Crippen molar-refractivity contribution in [2.45, 2.75) is 97.4 Å². The minimum atomic E-state index is -0.833. The number of carbonyl (C=O) groups is 5. The summed E-state index contributed by atoms with van der Waals surface area (Å²) in [4.78, 5) is 51.1. The van der Waals surface area contributed by atoms with Gasteiger partial charge in [0, 0.05) is 55.8 Å². The standard InChI is InChI=1S/C4H9NO.C3H7NO.C3H9N.C3H6O2.2C3H8.C2H5NO.C2H4O2.3CH4/c1-4(6)5(2)3;1-3(5)4-2;1-4(2)3;1-3(4)5-2;2*1-3-2;2*1-2(3)4;;;/h1-3H3;1-2H3,(H,4,5);1-3H3;1-2H3;2*3H2,1-2H3;1H3,(H2,3,4);1H3,(H,3,4);3*1H4. The summed E-state index contributed by atoms with van der Waals surface area (Å²) in [6, 6.07) is 0. The van der Waals surface area contributed by atoms with Crippen molar-refractivity contribution in [3.05, 3.63) is 0 Å². The van der Waals surface area contributed by atoms with Gasteiger partial charge in [-0.1, -0.05) is 62.8 Å². The van der Waals surface area contributed by atoms with Gasteiger partial charge in [-0.3, -0.25) is 24.0 Å². The number of nitrogens with one attached hydrogen (secondary N) is 1. The predicted octanol–water partition coefficient (Wildman–Crippen LogP) is 4.53. The Hall–Kier alpha value is -2.69. The summed E-state index contributed by atoms with van der Waals surface area (Å²) in [5.41, 5.74) is 4.47. The molecule has 0 aliphatic carbocycles. The third-order valence-corrected chi connectivity index (χ3v) is 1.27. The normalized spacial score (nSPS) is 6.41. The quantitative estimate of drug-likeness (QED) is 0.372. The highest BCUT2D eigenvalue weighted by atomic mass is 16.5. The lowest BCUT2D eigenvalue weighted by Gasteiger charge is -2.02. The smallest absolute Gasteiger partial charge is 0.302 e. The maximum atomic E-state index is 10.1. The van der Waals surface area contributed by atoms with Crippen LogP contribution in [0.1, 0.15) is 97.4 Å². The van der Waals surface area contributed by atoms with Crippen LogP contribution in [0.3, 0.4) is 0 Å². The second kappa shape index (κ2) is 69.9. The topological polar surface area (TPSA) is 159 Å². The van der Waals surface area contributed by atoms with Gasteiger partial charge in [0.05, 0.1) is 7.11 Å². The molecule has 0 radical (unpaired) electrons. The number of carboxylic acid groups (broad SMARTS) is 1. The number of methoxy groups -OCH3 is 1. The number of rotatable bonds is 0. The van der Waals surface area contributed by atoms with Crippen molar-refractivity contribution < 1.29 is 33.8 Å². The van der Waals surface area contributed by atoms with Gasteiger partial charge < -0.3 is 30.7 Å². The molecular weight excluding hydrogens is 480 g/mol. The van der Waals surface area contributed by atoms with Crippen LogP contribution >= 0.6 is 0 Å². The van der Waals surface area contributed by atoms with E-state index in [1.165, 1.54) is 52.5 Å². The third kappa shape index (κ3) is 1160. The first kappa shape index (κ1) is 70.1. The fraction of sp³-hybridized carbons (Fsp3) is 0.808. The Balaban J connectivity index is -0.0000000232. The molecule has 0 aliphatic heterocycles. The summed E-state index contributed by atoms with van der Waals surface area (Å²) in [5.74, 6) is -1.31. The van der Waals surface area contributed by atoms with Gasteiger partial charge in [-0.05, 0) is 21.1 Å². The monoisotopic (exact) mass is 549 g/mol. The van der Waals surface area contributed by atoms with Crippen molar-refractivity contribution in [1.82, 2.24) is 15.1 Å². The molecule has 0 aliphatic rings. The van der Waals surface area contributed by atoms with Crippen LogP contribution in [0, 0.1) is 0 Å². The number of esters is 1. The predicted molar refractivity (Wildman–Crippen MR) is 162 cm³/mol. The Morgan fingerprint density at radius 3 is 0.838 bits per heavy atom. The summed E-state index contributed by atoms with van der Waals surface area (Å²) in [6.07, 6.45) is 2.50. The molecule has 234 valence electrons. The molecule has 4 N–H and O–H groups in total. The molecule has 0 saturated heterocycles. The summed E-state index contributed by atoms with van der Waals surface area (Å²) in [5, 5.41) is 9.81. The number of carboxylic acids is 1. The molecule has 0 unspecified atom stereocenters. The van der Waals surface area contributed by atoms with Gasteiger partial charge in [0.25, 0.3) is 5.97 Å². The van der Waals surface area contributed by atoms with Crippen LogP contribution in [0.5, 0.6) is 0 Å². The largest absolute Gasteiger partial charge is 0.481 e. The van der Waals surface area contributed by atoms with E-state index >= 15 is 0 Å². The number of aliphatic carboxylic acids is 1. The van der Waals surface area contributed by atoms with Crippen LogP contribution in [-0.2, 0) is 28.7 Å². The zero-order chi connectivity index (χ0) is 29.9. The molecule has 0 saturated carbocycles. The Bertz CT molecular complexity index is 406. The van der Waals surface area contributed by atoms with Gasteiger partial charge in [-0.2, -0.15) is 0 Å². The van der Waals surface area contributed by atoms with Gasteiger partial charge in [-0.25, -0.2) is 0 Å². The van der Waals surface area contributed by atoms with Gasteiger partial charge in [-0.15, -0.1) is 0 Å². The van der Waals surface area contributed by atoms with E-state index in [2.05, 4.69) is 43.5 Å². The highest BCUT2D eigenvalue weighted by Gasteiger charge is 1.87. The number of hydrogen-bond acceptors (Lipinski definition) is 7. The molecule has 0 spiro atoms. The average molecular weight is 549 g/mol. The molecule has 0 fully saturated rings. The first-order chi connectivity index (χ1) is 15.2. The first-order valence-electron chi connectivity index (χ1n) is 10.7.